The van der Waals surface area contributed by atoms with Gasteiger partial charge in [-0.2, -0.15) is 0 Å². The van der Waals surface area contributed by atoms with Crippen molar-refractivity contribution in [2.24, 2.45) is 0 Å². The standard InChI is InChI=1S/C22H20O4/c1-14(24)22(26)13-18-3-2-16(10-11-23)21-12-17(6-9-20(18)21)15-4-7-19(25)8-5-15/h2-14,23-26H,1H3/b11-10-,22-13-. The fourth-order valence-corrected chi connectivity index (χ4v) is 2.86. The number of phenolic OH excluding ortho intramolecular Hbond substituents is 1. The van der Waals surface area contributed by atoms with Gasteiger partial charge in [-0.1, -0.05) is 36.4 Å². The summed E-state index contributed by atoms with van der Waals surface area (Å²) >= 11 is 0. The van der Waals surface area contributed by atoms with Crippen molar-refractivity contribution < 1.29 is 20.4 Å². The summed E-state index contributed by atoms with van der Waals surface area (Å²) < 4.78 is 0. The van der Waals surface area contributed by atoms with Gasteiger partial charge >= 0.3 is 0 Å². The number of benzene rings is 3. The first-order chi connectivity index (χ1) is 12.5. The molecule has 0 fully saturated rings. The second-order valence-corrected chi connectivity index (χ2v) is 6.11. The molecule has 4 nitrogen and oxygen atoms in total. The van der Waals surface area contributed by atoms with Gasteiger partial charge in [-0.15, -0.1) is 0 Å². The van der Waals surface area contributed by atoms with Crippen molar-refractivity contribution in [3.8, 4) is 16.9 Å². The molecule has 132 valence electrons. The average molecular weight is 348 g/mol. The van der Waals surface area contributed by atoms with Crippen LogP contribution in [0.3, 0.4) is 0 Å². The lowest BCUT2D eigenvalue weighted by Crippen LogP contribution is -2.03. The number of rotatable bonds is 4. The highest BCUT2D eigenvalue weighted by atomic mass is 16.3. The van der Waals surface area contributed by atoms with Crippen molar-refractivity contribution in [2.45, 2.75) is 13.0 Å². The maximum atomic E-state index is 9.90. The maximum Gasteiger partial charge on any atom is 0.121 e. The van der Waals surface area contributed by atoms with E-state index in [4.69, 9.17) is 0 Å². The Bertz CT molecular complexity index is 983. The Hall–Kier alpha value is -3.24. The van der Waals surface area contributed by atoms with Crippen molar-refractivity contribution in [1.82, 2.24) is 0 Å². The number of phenols is 1. The number of hydrogen-bond donors (Lipinski definition) is 4. The predicted octanol–water partition coefficient (Wildman–Crippen LogP) is 5.02. The van der Waals surface area contributed by atoms with E-state index >= 15 is 0 Å². The Labute approximate surface area is 151 Å². The highest BCUT2D eigenvalue weighted by Gasteiger charge is 2.09. The Kier molecular flexibility index (Phi) is 4.96. The minimum atomic E-state index is -0.946. The number of hydrogen-bond acceptors (Lipinski definition) is 4. The van der Waals surface area contributed by atoms with E-state index < -0.39 is 6.10 Å². The molecule has 3 aromatic carbocycles. The molecule has 3 rings (SSSR count). The van der Waals surface area contributed by atoms with E-state index in [0.717, 1.165) is 39.3 Å². The smallest absolute Gasteiger partial charge is 0.121 e. The summed E-state index contributed by atoms with van der Waals surface area (Å²) in [5, 5.41) is 39.9. The molecule has 0 saturated heterocycles. The van der Waals surface area contributed by atoms with Gasteiger partial charge in [0.05, 0.1) is 6.26 Å². The third-order valence-electron chi connectivity index (χ3n) is 4.27. The van der Waals surface area contributed by atoms with Crippen LogP contribution in [0.4, 0.5) is 0 Å². The van der Waals surface area contributed by atoms with E-state index in [9.17, 15) is 20.4 Å². The Balaban J connectivity index is 2.21. The molecule has 0 spiro atoms. The van der Waals surface area contributed by atoms with Gasteiger partial charge in [0.15, 0.2) is 0 Å². The Morgan fingerprint density at radius 1 is 0.885 bits per heavy atom. The lowest BCUT2D eigenvalue weighted by Gasteiger charge is -2.11. The quantitative estimate of drug-likeness (QED) is 0.499. The molecular weight excluding hydrogens is 328 g/mol. The van der Waals surface area contributed by atoms with Gasteiger partial charge in [-0.05, 0) is 70.3 Å². The number of aliphatic hydroxyl groups is 3. The number of fused-ring (bicyclic) bond motifs is 1. The molecule has 0 radical (unpaired) electrons. The monoisotopic (exact) mass is 348 g/mol. The first-order valence-electron chi connectivity index (χ1n) is 8.25. The van der Waals surface area contributed by atoms with Crippen LogP contribution in [0, 0.1) is 0 Å². The van der Waals surface area contributed by atoms with E-state index in [1.807, 2.05) is 42.5 Å². The zero-order chi connectivity index (χ0) is 18.7. The third-order valence-corrected chi connectivity index (χ3v) is 4.27. The van der Waals surface area contributed by atoms with E-state index in [2.05, 4.69) is 0 Å². The highest BCUT2D eigenvalue weighted by Crippen LogP contribution is 2.31. The van der Waals surface area contributed by atoms with Crippen LogP contribution in [0.1, 0.15) is 18.1 Å². The second kappa shape index (κ2) is 7.33. The first-order valence-corrected chi connectivity index (χ1v) is 8.25. The zero-order valence-electron chi connectivity index (χ0n) is 14.3. The normalized spacial score (nSPS) is 13.4. The van der Waals surface area contributed by atoms with Gasteiger partial charge in [-0.25, -0.2) is 0 Å². The summed E-state index contributed by atoms with van der Waals surface area (Å²) in [6.07, 6.45) is 3.19. The lowest BCUT2D eigenvalue weighted by atomic mass is 9.94. The largest absolute Gasteiger partial charge is 0.516 e. The fraction of sp³-hybridized carbons (Fsp3) is 0.0909. The number of aliphatic hydroxyl groups excluding tert-OH is 3. The molecule has 4 heteroatoms. The molecular formula is C22H20O4. The summed E-state index contributed by atoms with van der Waals surface area (Å²) in [7, 11) is 0. The van der Waals surface area contributed by atoms with Gasteiger partial charge in [0.2, 0.25) is 0 Å². The van der Waals surface area contributed by atoms with Crippen LogP contribution in [0.25, 0.3) is 34.1 Å². The second-order valence-electron chi connectivity index (χ2n) is 6.11. The van der Waals surface area contributed by atoms with Gasteiger partial charge in [-0.3, -0.25) is 0 Å². The van der Waals surface area contributed by atoms with E-state index in [0.29, 0.717) is 0 Å². The molecule has 1 atom stereocenters. The van der Waals surface area contributed by atoms with Crippen LogP contribution in [-0.4, -0.2) is 26.5 Å². The predicted molar refractivity (Wildman–Crippen MR) is 105 cm³/mol. The number of aromatic hydroxyl groups is 1. The molecule has 0 bridgehead atoms. The first kappa shape index (κ1) is 17.6. The summed E-state index contributed by atoms with van der Waals surface area (Å²) in [6, 6.07) is 16.5. The van der Waals surface area contributed by atoms with Crippen molar-refractivity contribution in [3.05, 3.63) is 77.7 Å². The minimum Gasteiger partial charge on any atom is -0.516 e. The van der Waals surface area contributed by atoms with Crippen LogP contribution < -0.4 is 0 Å². The van der Waals surface area contributed by atoms with Crippen LogP contribution >= 0.6 is 0 Å². The van der Waals surface area contributed by atoms with Crippen molar-refractivity contribution in [3.63, 3.8) is 0 Å². The fourth-order valence-electron chi connectivity index (χ4n) is 2.86. The summed E-state index contributed by atoms with van der Waals surface area (Å²) in [5.74, 6) is 0.0961. The van der Waals surface area contributed by atoms with E-state index in [1.54, 1.807) is 24.3 Å². The molecule has 0 aliphatic carbocycles. The Morgan fingerprint density at radius 3 is 2.19 bits per heavy atom. The molecule has 0 saturated carbocycles. The van der Waals surface area contributed by atoms with Crippen LogP contribution in [-0.2, 0) is 0 Å². The molecule has 0 heterocycles. The third kappa shape index (κ3) is 3.55. The van der Waals surface area contributed by atoms with Crippen molar-refractivity contribution in [1.29, 1.82) is 0 Å². The van der Waals surface area contributed by atoms with Gasteiger partial charge in [0.1, 0.15) is 17.6 Å². The minimum absolute atomic E-state index is 0.112. The molecule has 3 aromatic rings. The van der Waals surface area contributed by atoms with Crippen molar-refractivity contribution in [2.75, 3.05) is 0 Å². The lowest BCUT2D eigenvalue weighted by molar-refractivity contribution is 0.172. The van der Waals surface area contributed by atoms with Crippen molar-refractivity contribution >= 4 is 22.9 Å². The summed E-state index contributed by atoms with van der Waals surface area (Å²) in [6.45, 7) is 1.50. The zero-order valence-corrected chi connectivity index (χ0v) is 14.3. The Morgan fingerprint density at radius 2 is 1.54 bits per heavy atom. The molecule has 0 aliphatic heterocycles. The molecule has 0 amide bonds. The van der Waals surface area contributed by atoms with Crippen LogP contribution in [0.2, 0.25) is 0 Å². The molecule has 0 aromatic heterocycles. The highest BCUT2D eigenvalue weighted by molar-refractivity contribution is 5.98. The summed E-state index contributed by atoms with van der Waals surface area (Å²) in [5.41, 5.74) is 3.52. The van der Waals surface area contributed by atoms with Gasteiger partial charge in [0.25, 0.3) is 0 Å². The molecule has 4 N–H and O–H groups in total. The van der Waals surface area contributed by atoms with Gasteiger partial charge < -0.3 is 20.4 Å². The molecule has 1 unspecified atom stereocenters. The van der Waals surface area contributed by atoms with E-state index in [-0.39, 0.29) is 11.5 Å². The van der Waals surface area contributed by atoms with E-state index in [1.165, 1.54) is 6.92 Å². The molecule has 0 aliphatic rings. The molecule has 26 heavy (non-hydrogen) atoms. The van der Waals surface area contributed by atoms with Crippen LogP contribution in [0.5, 0.6) is 5.75 Å². The van der Waals surface area contributed by atoms with Gasteiger partial charge in [0, 0.05) is 0 Å². The maximum absolute atomic E-state index is 9.90. The average Bonchev–Trinajstić information content (AvgIpc) is 2.64. The van der Waals surface area contributed by atoms with Crippen LogP contribution in [0.15, 0.2) is 66.6 Å². The topological polar surface area (TPSA) is 80.9 Å². The summed E-state index contributed by atoms with van der Waals surface area (Å²) in [4.78, 5) is 0. The SMILES string of the molecule is CC(O)/C(O)=C/c1ccc(/C=C\O)c2cc(-c3ccc(O)cc3)ccc12.